The highest BCUT2D eigenvalue weighted by molar-refractivity contribution is 5.23. The zero-order valence-electron chi connectivity index (χ0n) is 10.2. The monoisotopic (exact) mass is 241 g/mol. The molecule has 17 heavy (non-hydrogen) atoms. The van der Waals surface area contributed by atoms with E-state index in [1.807, 2.05) is 13.8 Å². The van der Waals surface area contributed by atoms with Crippen LogP contribution >= 0.6 is 0 Å². The second kappa shape index (κ2) is 6.36. The molecule has 2 atom stereocenters. The summed E-state index contributed by atoms with van der Waals surface area (Å²) in [5.74, 6) is 0.202. The lowest BCUT2D eigenvalue weighted by Gasteiger charge is -2.14. The molecule has 6 nitrogen and oxygen atoms in total. The molecule has 1 fully saturated rings. The van der Waals surface area contributed by atoms with Crippen LogP contribution in [0.3, 0.4) is 0 Å². The van der Waals surface area contributed by atoms with E-state index in [0.717, 1.165) is 6.42 Å². The van der Waals surface area contributed by atoms with E-state index in [0.29, 0.717) is 6.42 Å². The zero-order chi connectivity index (χ0) is 12.8. The lowest BCUT2D eigenvalue weighted by molar-refractivity contribution is -0.0245. The van der Waals surface area contributed by atoms with Gasteiger partial charge in [0.05, 0.1) is 12.7 Å². The second-order valence-corrected chi connectivity index (χ2v) is 3.51. The van der Waals surface area contributed by atoms with E-state index < -0.39 is 5.69 Å². The van der Waals surface area contributed by atoms with E-state index in [1.165, 1.54) is 4.57 Å². The van der Waals surface area contributed by atoms with Gasteiger partial charge in [0.1, 0.15) is 12.0 Å². The van der Waals surface area contributed by atoms with Gasteiger partial charge in [0.25, 0.3) is 0 Å². The van der Waals surface area contributed by atoms with Crippen LogP contribution in [-0.4, -0.2) is 27.4 Å². The maximum Gasteiger partial charge on any atom is 0.351 e. The van der Waals surface area contributed by atoms with Crippen LogP contribution < -0.4 is 11.4 Å². The number of anilines is 1. The summed E-state index contributed by atoms with van der Waals surface area (Å²) in [6.07, 6.45) is 2.51. The van der Waals surface area contributed by atoms with Crippen LogP contribution in [0, 0.1) is 0 Å². The van der Waals surface area contributed by atoms with Crippen LogP contribution in [-0.2, 0) is 4.74 Å². The van der Waals surface area contributed by atoms with Gasteiger partial charge in [-0.15, -0.1) is 0 Å². The summed E-state index contributed by atoms with van der Waals surface area (Å²) in [4.78, 5) is 15.1. The fourth-order valence-corrected chi connectivity index (χ4v) is 1.67. The maximum absolute atomic E-state index is 11.5. The molecule has 6 heteroatoms. The molecule has 1 aliphatic heterocycles. The van der Waals surface area contributed by atoms with Crippen LogP contribution in [0.2, 0.25) is 0 Å². The van der Waals surface area contributed by atoms with Crippen molar-refractivity contribution in [2.45, 2.75) is 39.0 Å². The Bertz CT molecular complexity index is 405. The van der Waals surface area contributed by atoms with Crippen molar-refractivity contribution in [1.82, 2.24) is 9.55 Å². The number of aliphatic hydroxyl groups is 1. The number of rotatable bonds is 2. The normalized spacial score (nSPS) is 23.0. The summed E-state index contributed by atoms with van der Waals surface area (Å²) < 4.78 is 6.84. The number of aromatic nitrogens is 2. The molecule has 0 bridgehead atoms. The summed E-state index contributed by atoms with van der Waals surface area (Å²) in [6.45, 7) is 3.98. The van der Waals surface area contributed by atoms with Gasteiger partial charge >= 0.3 is 5.69 Å². The summed E-state index contributed by atoms with van der Waals surface area (Å²) in [6, 6.07) is 1.55. The Balaban J connectivity index is 0.000000686. The molecule has 0 radical (unpaired) electrons. The third kappa shape index (κ3) is 3.28. The molecule has 1 aliphatic rings. The zero-order valence-corrected chi connectivity index (χ0v) is 10.2. The molecule has 3 N–H and O–H groups in total. The molecule has 0 saturated carbocycles. The standard InChI is InChI=1S/C9H13N3O3.C2H6/c10-7-3-4-12(9(14)11-7)8-2-1-6(5-13)15-8;1-2/h3-4,6,8,13H,1-2,5H2,(H2,10,11,14);1-2H3/t6-,8+;/m0./s1. The SMILES string of the molecule is CC.Nc1ccn([C@H]2CC[C@@H](CO)O2)c(=O)n1. The van der Waals surface area contributed by atoms with Gasteiger partial charge in [-0.25, -0.2) is 4.79 Å². The molecule has 2 heterocycles. The van der Waals surface area contributed by atoms with Gasteiger partial charge in [-0.05, 0) is 18.9 Å². The van der Waals surface area contributed by atoms with Crippen molar-refractivity contribution < 1.29 is 9.84 Å². The first-order chi connectivity index (χ1) is 8.20. The molecule has 0 spiro atoms. The number of aliphatic hydroxyl groups excluding tert-OH is 1. The van der Waals surface area contributed by atoms with Gasteiger partial charge in [-0.1, -0.05) is 13.8 Å². The highest BCUT2D eigenvalue weighted by Crippen LogP contribution is 2.26. The fraction of sp³-hybridized carbons (Fsp3) is 0.636. The number of ether oxygens (including phenoxy) is 1. The third-order valence-electron chi connectivity index (χ3n) is 2.45. The summed E-state index contributed by atoms with van der Waals surface area (Å²) >= 11 is 0. The van der Waals surface area contributed by atoms with Gasteiger partial charge in [0, 0.05) is 6.20 Å². The van der Waals surface area contributed by atoms with Gasteiger partial charge in [0.15, 0.2) is 0 Å². The highest BCUT2D eigenvalue weighted by Gasteiger charge is 2.26. The first-order valence-electron chi connectivity index (χ1n) is 5.81. The van der Waals surface area contributed by atoms with Crippen LogP contribution in [0.15, 0.2) is 17.1 Å². The van der Waals surface area contributed by atoms with E-state index >= 15 is 0 Å². The van der Waals surface area contributed by atoms with Crippen molar-refractivity contribution >= 4 is 5.82 Å². The Morgan fingerprint density at radius 2 is 2.29 bits per heavy atom. The fourth-order valence-electron chi connectivity index (χ4n) is 1.67. The van der Waals surface area contributed by atoms with E-state index in [1.54, 1.807) is 12.3 Å². The molecular weight excluding hydrogens is 222 g/mol. The first kappa shape index (κ1) is 13.7. The molecular formula is C11H19N3O3. The molecule has 96 valence electrons. The topological polar surface area (TPSA) is 90.4 Å². The Hall–Kier alpha value is -1.40. The van der Waals surface area contributed by atoms with Crippen LogP contribution in [0.5, 0.6) is 0 Å². The molecule has 1 aromatic rings. The Morgan fingerprint density at radius 3 is 2.82 bits per heavy atom. The smallest absolute Gasteiger partial charge is 0.351 e. The Kier molecular flexibility index (Phi) is 5.11. The van der Waals surface area contributed by atoms with Gasteiger partial charge in [-0.2, -0.15) is 4.98 Å². The molecule has 0 unspecified atom stereocenters. The number of nitrogen functional groups attached to an aromatic ring is 1. The Labute approximate surface area is 100 Å². The predicted octanol–water partition coefficient (Wildman–Crippen LogP) is 0.522. The average molecular weight is 241 g/mol. The molecule has 1 aromatic heterocycles. The number of hydrogen-bond donors (Lipinski definition) is 2. The molecule has 1 saturated heterocycles. The van der Waals surface area contributed by atoms with Crippen molar-refractivity contribution in [2.24, 2.45) is 0 Å². The maximum atomic E-state index is 11.5. The molecule has 0 amide bonds. The van der Waals surface area contributed by atoms with Crippen molar-refractivity contribution in [3.05, 3.63) is 22.7 Å². The predicted molar refractivity (Wildman–Crippen MR) is 64.5 cm³/mol. The number of nitrogens with two attached hydrogens (primary N) is 1. The van der Waals surface area contributed by atoms with Crippen molar-refractivity contribution in [1.29, 1.82) is 0 Å². The largest absolute Gasteiger partial charge is 0.394 e. The quantitative estimate of drug-likeness (QED) is 0.787. The van der Waals surface area contributed by atoms with Crippen molar-refractivity contribution in [3.63, 3.8) is 0 Å². The first-order valence-corrected chi connectivity index (χ1v) is 5.81. The number of hydrogen-bond acceptors (Lipinski definition) is 5. The summed E-state index contributed by atoms with van der Waals surface area (Å²) in [5.41, 5.74) is 4.96. The highest BCUT2D eigenvalue weighted by atomic mass is 16.5. The van der Waals surface area contributed by atoms with Crippen LogP contribution in [0.25, 0.3) is 0 Å². The minimum atomic E-state index is -0.418. The third-order valence-corrected chi connectivity index (χ3v) is 2.45. The van der Waals surface area contributed by atoms with E-state index in [2.05, 4.69) is 4.98 Å². The van der Waals surface area contributed by atoms with E-state index in [9.17, 15) is 4.79 Å². The lowest BCUT2D eigenvalue weighted by atomic mass is 10.2. The van der Waals surface area contributed by atoms with E-state index in [-0.39, 0.29) is 24.8 Å². The summed E-state index contributed by atoms with van der Waals surface area (Å²) in [5, 5.41) is 8.90. The molecule has 0 aromatic carbocycles. The van der Waals surface area contributed by atoms with Crippen molar-refractivity contribution in [2.75, 3.05) is 12.3 Å². The van der Waals surface area contributed by atoms with Gasteiger partial charge < -0.3 is 15.6 Å². The summed E-state index contributed by atoms with van der Waals surface area (Å²) in [7, 11) is 0. The van der Waals surface area contributed by atoms with Crippen LogP contribution in [0.4, 0.5) is 5.82 Å². The van der Waals surface area contributed by atoms with E-state index in [4.69, 9.17) is 15.6 Å². The number of nitrogens with zero attached hydrogens (tertiary/aromatic N) is 2. The minimum absolute atomic E-state index is 0.0202. The lowest BCUT2D eigenvalue weighted by Crippen LogP contribution is -2.27. The average Bonchev–Trinajstić information content (AvgIpc) is 2.80. The second-order valence-electron chi connectivity index (χ2n) is 3.51. The van der Waals surface area contributed by atoms with Crippen LogP contribution in [0.1, 0.15) is 32.9 Å². The molecule has 0 aliphatic carbocycles. The Morgan fingerprint density at radius 1 is 1.59 bits per heavy atom. The van der Waals surface area contributed by atoms with Gasteiger partial charge in [0.2, 0.25) is 0 Å². The minimum Gasteiger partial charge on any atom is -0.394 e. The molecule has 2 rings (SSSR count). The van der Waals surface area contributed by atoms with Crippen molar-refractivity contribution in [3.8, 4) is 0 Å². The van der Waals surface area contributed by atoms with Gasteiger partial charge in [-0.3, -0.25) is 4.57 Å².